The van der Waals surface area contributed by atoms with Crippen molar-refractivity contribution < 1.29 is 4.79 Å². The Hall–Kier alpha value is -0.920. The minimum atomic E-state index is -0.240. The minimum Gasteiger partial charge on any atom is -0.309 e. The molecule has 4 saturated carbocycles. The van der Waals surface area contributed by atoms with Crippen molar-refractivity contribution in [1.82, 2.24) is 0 Å². The van der Waals surface area contributed by atoms with Crippen LogP contribution in [0, 0.1) is 39.9 Å². The smallest absolute Gasteiger partial charge is 0.145 e. The Morgan fingerprint density at radius 1 is 1.18 bits per heavy atom. The van der Waals surface area contributed by atoms with Crippen molar-refractivity contribution in [2.45, 2.75) is 65.2 Å². The second-order valence-electron chi connectivity index (χ2n) is 9.00. The van der Waals surface area contributed by atoms with Crippen molar-refractivity contribution in [3.63, 3.8) is 0 Å². The molecule has 120 valence electrons. The van der Waals surface area contributed by atoms with Crippen LogP contribution in [0.25, 0.3) is 0 Å². The molecule has 2 nitrogen and oxygen atoms in total. The Bertz CT molecular complexity index is 564. The average molecular weight is 299 g/mol. The summed E-state index contributed by atoms with van der Waals surface area (Å²) in [4.78, 5) is 12.5. The number of allylic oxidation sites excluding steroid dienone is 1. The van der Waals surface area contributed by atoms with Crippen LogP contribution in [0.5, 0.6) is 0 Å². The number of hydrogen-bond acceptors (Lipinski definition) is 2. The minimum absolute atomic E-state index is 0.204. The number of Topliss-reactive ketones (excluding diaryl/α,β-unsaturated/α-hetero) is 1. The van der Waals surface area contributed by atoms with Crippen LogP contribution in [0.4, 0.5) is 0 Å². The van der Waals surface area contributed by atoms with Crippen molar-refractivity contribution in [3.8, 4) is 0 Å². The predicted octanol–water partition coefficient (Wildman–Crippen LogP) is 4.78. The molecule has 0 aromatic carbocycles. The van der Waals surface area contributed by atoms with Crippen molar-refractivity contribution >= 4 is 11.5 Å². The van der Waals surface area contributed by atoms with Gasteiger partial charge in [-0.15, -0.1) is 0 Å². The van der Waals surface area contributed by atoms with E-state index in [1.165, 1.54) is 37.7 Å². The van der Waals surface area contributed by atoms with Gasteiger partial charge in [0, 0.05) is 23.5 Å². The van der Waals surface area contributed by atoms with Crippen LogP contribution in [0.3, 0.4) is 0 Å². The first-order chi connectivity index (χ1) is 10.4. The summed E-state index contributed by atoms with van der Waals surface area (Å²) in [6.07, 6.45) is 9.02. The SMILES string of the molecule is C=C1C[C@@H]2[C@H](CC[C@]3(C)C(=O)CC(=N)[C@@H]23)[C@@]2(C)CCCC[C@H]12. The van der Waals surface area contributed by atoms with E-state index in [1.807, 2.05) is 0 Å². The van der Waals surface area contributed by atoms with Crippen molar-refractivity contribution in [3.05, 3.63) is 12.2 Å². The molecule has 0 aromatic heterocycles. The highest BCUT2D eigenvalue weighted by Gasteiger charge is 2.62. The molecule has 4 aliphatic carbocycles. The Morgan fingerprint density at radius 3 is 2.73 bits per heavy atom. The first-order valence-electron chi connectivity index (χ1n) is 9.16. The fourth-order valence-electron chi connectivity index (χ4n) is 6.97. The van der Waals surface area contributed by atoms with E-state index in [0.717, 1.165) is 18.6 Å². The topological polar surface area (TPSA) is 40.9 Å². The van der Waals surface area contributed by atoms with Crippen molar-refractivity contribution in [2.24, 2.45) is 34.5 Å². The molecular weight excluding hydrogens is 270 g/mol. The molecule has 0 bridgehead atoms. The fraction of sp³-hybridized carbons (Fsp3) is 0.800. The maximum Gasteiger partial charge on any atom is 0.145 e. The number of carbonyl (C=O) groups excluding carboxylic acids is 1. The van der Waals surface area contributed by atoms with Gasteiger partial charge in [0.1, 0.15) is 5.78 Å². The van der Waals surface area contributed by atoms with Crippen molar-refractivity contribution in [2.75, 3.05) is 0 Å². The highest BCUT2D eigenvalue weighted by Crippen LogP contribution is 2.65. The zero-order valence-electron chi connectivity index (χ0n) is 14.1. The average Bonchev–Trinajstić information content (AvgIpc) is 2.69. The van der Waals surface area contributed by atoms with Gasteiger partial charge in [0.25, 0.3) is 0 Å². The third kappa shape index (κ3) is 1.67. The van der Waals surface area contributed by atoms with Crippen LogP contribution < -0.4 is 0 Å². The summed E-state index contributed by atoms with van der Waals surface area (Å²) in [5.41, 5.74) is 2.30. The lowest BCUT2D eigenvalue weighted by molar-refractivity contribution is -0.134. The number of rotatable bonds is 0. The van der Waals surface area contributed by atoms with Gasteiger partial charge in [-0.2, -0.15) is 0 Å². The Kier molecular flexibility index (Phi) is 3.03. The number of fused-ring (bicyclic) bond motifs is 5. The predicted molar refractivity (Wildman–Crippen MR) is 89.0 cm³/mol. The summed E-state index contributed by atoms with van der Waals surface area (Å²) in [7, 11) is 0. The maximum absolute atomic E-state index is 12.5. The summed E-state index contributed by atoms with van der Waals surface area (Å²) >= 11 is 0. The first kappa shape index (κ1) is 14.7. The van der Waals surface area contributed by atoms with Gasteiger partial charge < -0.3 is 5.41 Å². The van der Waals surface area contributed by atoms with E-state index in [4.69, 9.17) is 5.41 Å². The molecule has 4 aliphatic rings. The number of carbonyl (C=O) groups is 1. The Labute approximate surface area is 134 Å². The second-order valence-corrected chi connectivity index (χ2v) is 9.00. The van der Waals surface area contributed by atoms with Crippen LogP contribution in [0.15, 0.2) is 12.2 Å². The molecule has 4 rings (SSSR count). The second kappa shape index (κ2) is 4.55. The summed E-state index contributed by atoms with van der Waals surface area (Å²) in [6, 6.07) is 0. The standard InChI is InChI=1S/C20H29NO/c1-12-10-13-15(19(2)8-5-4-6-14(12)19)7-9-20(3)17(22)11-16(21)18(13)20/h13-15,18,21H,1,4-11H2,2-3H3/t13-,14-,15+,18-,19+,20-/m1/s1. The molecule has 0 amide bonds. The lowest BCUT2D eigenvalue weighted by atomic mass is 9.44. The van der Waals surface area contributed by atoms with E-state index in [9.17, 15) is 4.79 Å². The summed E-state index contributed by atoms with van der Waals surface area (Å²) < 4.78 is 0. The maximum atomic E-state index is 12.5. The van der Waals surface area contributed by atoms with E-state index in [2.05, 4.69) is 20.4 Å². The Morgan fingerprint density at radius 2 is 1.95 bits per heavy atom. The van der Waals surface area contributed by atoms with E-state index in [1.54, 1.807) is 0 Å². The zero-order valence-corrected chi connectivity index (χ0v) is 14.1. The number of nitrogens with one attached hydrogen (secondary N) is 1. The lowest BCUT2D eigenvalue weighted by Crippen LogP contribution is -2.54. The van der Waals surface area contributed by atoms with Gasteiger partial charge in [0.15, 0.2) is 0 Å². The fourth-order valence-corrected chi connectivity index (χ4v) is 6.97. The van der Waals surface area contributed by atoms with Gasteiger partial charge in [0.2, 0.25) is 0 Å². The lowest BCUT2D eigenvalue weighted by Gasteiger charge is -2.60. The molecular formula is C20H29NO. The molecule has 0 radical (unpaired) electrons. The molecule has 1 N–H and O–H groups in total. The molecule has 0 aromatic rings. The molecule has 0 heterocycles. The quantitative estimate of drug-likeness (QED) is 0.642. The molecule has 0 unspecified atom stereocenters. The van der Waals surface area contributed by atoms with Gasteiger partial charge >= 0.3 is 0 Å². The van der Waals surface area contributed by atoms with Gasteiger partial charge in [-0.1, -0.05) is 38.8 Å². The molecule has 0 aliphatic heterocycles. The molecule has 22 heavy (non-hydrogen) atoms. The zero-order chi connectivity index (χ0) is 15.7. The van der Waals surface area contributed by atoms with Gasteiger partial charge in [-0.05, 0) is 55.3 Å². The van der Waals surface area contributed by atoms with E-state index in [-0.39, 0.29) is 11.3 Å². The van der Waals surface area contributed by atoms with E-state index < -0.39 is 0 Å². The van der Waals surface area contributed by atoms with Gasteiger partial charge in [-0.3, -0.25) is 4.79 Å². The highest BCUT2D eigenvalue weighted by molar-refractivity contribution is 6.12. The van der Waals surface area contributed by atoms with Crippen LogP contribution in [0.2, 0.25) is 0 Å². The largest absolute Gasteiger partial charge is 0.309 e. The van der Waals surface area contributed by atoms with Gasteiger partial charge in [-0.25, -0.2) is 0 Å². The molecule has 4 fully saturated rings. The summed E-state index contributed by atoms with van der Waals surface area (Å²) in [6.45, 7) is 9.11. The number of ketones is 1. The Balaban J connectivity index is 1.75. The third-order valence-corrected chi connectivity index (χ3v) is 8.06. The summed E-state index contributed by atoms with van der Waals surface area (Å²) in [5.74, 6) is 2.44. The molecule has 2 heteroatoms. The molecule has 6 atom stereocenters. The third-order valence-electron chi connectivity index (χ3n) is 8.06. The normalized spacial score (nSPS) is 51.3. The van der Waals surface area contributed by atoms with Crippen LogP contribution >= 0.6 is 0 Å². The van der Waals surface area contributed by atoms with Crippen LogP contribution in [-0.4, -0.2) is 11.5 Å². The van der Waals surface area contributed by atoms with Crippen LogP contribution in [0.1, 0.15) is 65.2 Å². The monoisotopic (exact) mass is 299 g/mol. The molecule has 0 saturated heterocycles. The number of hydrogen-bond donors (Lipinski definition) is 1. The molecule has 0 spiro atoms. The van der Waals surface area contributed by atoms with Gasteiger partial charge in [0.05, 0.1) is 0 Å². The highest BCUT2D eigenvalue weighted by atomic mass is 16.1. The van der Waals surface area contributed by atoms with Crippen LogP contribution in [-0.2, 0) is 4.79 Å². The van der Waals surface area contributed by atoms with E-state index in [0.29, 0.717) is 35.4 Å². The van der Waals surface area contributed by atoms with E-state index >= 15 is 0 Å². The van der Waals surface area contributed by atoms with Crippen molar-refractivity contribution in [1.29, 1.82) is 5.41 Å². The first-order valence-corrected chi connectivity index (χ1v) is 9.16. The summed E-state index contributed by atoms with van der Waals surface area (Å²) in [5, 5.41) is 8.46.